The smallest absolute Gasteiger partial charge is 0.311 e. The van der Waals surface area contributed by atoms with Crippen molar-refractivity contribution in [1.29, 1.82) is 0 Å². The van der Waals surface area contributed by atoms with Crippen LogP contribution >= 0.6 is 22.6 Å². The zero-order chi connectivity index (χ0) is 25.8. The first kappa shape index (κ1) is 29.5. The topological polar surface area (TPSA) is 88.1 Å². The quantitative estimate of drug-likeness (QED) is 0.158. The van der Waals surface area contributed by atoms with Gasteiger partial charge in [0.05, 0.1) is 45.2 Å². The highest BCUT2D eigenvalue weighted by atomic mass is 127. The van der Waals surface area contributed by atoms with Gasteiger partial charge in [-0.05, 0) is 83.2 Å². The molecule has 0 spiro atoms. The summed E-state index contributed by atoms with van der Waals surface area (Å²) >= 11 is 2.26. The molecule has 35 heavy (non-hydrogen) atoms. The Balaban J connectivity index is 2.20. The van der Waals surface area contributed by atoms with E-state index in [1.54, 1.807) is 7.11 Å². The highest BCUT2D eigenvalue weighted by molar-refractivity contribution is 14.1. The maximum atomic E-state index is 13.1. The Hall–Kier alpha value is -1.69. The zero-order valence-corrected chi connectivity index (χ0v) is 23.7. The molecule has 0 bridgehead atoms. The largest absolute Gasteiger partial charge is 0.497 e. The van der Waals surface area contributed by atoms with Crippen molar-refractivity contribution in [3.05, 3.63) is 63.2 Å². The van der Waals surface area contributed by atoms with Crippen LogP contribution in [-0.2, 0) is 41.6 Å². The first-order valence-electron chi connectivity index (χ1n) is 11.6. The van der Waals surface area contributed by atoms with E-state index in [0.717, 1.165) is 26.7 Å². The highest BCUT2D eigenvalue weighted by Crippen LogP contribution is 2.23. The third-order valence-electron chi connectivity index (χ3n) is 5.29. The van der Waals surface area contributed by atoms with Crippen LogP contribution in [0.5, 0.6) is 5.75 Å². The number of aryl methyl sites for hydroxylation is 1. The van der Waals surface area contributed by atoms with Gasteiger partial charge in [-0.15, -0.1) is 0 Å². The Morgan fingerprint density at radius 2 is 1.60 bits per heavy atom. The summed E-state index contributed by atoms with van der Waals surface area (Å²) in [7, 11) is -2.01. The van der Waals surface area contributed by atoms with Gasteiger partial charge in [0.1, 0.15) is 5.75 Å². The molecule has 0 N–H and O–H groups in total. The van der Waals surface area contributed by atoms with Crippen molar-refractivity contribution in [2.24, 2.45) is 11.8 Å². The molecule has 0 radical (unpaired) electrons. The second-order valence-corrected chi connectivity index (χ2v) is 11.7. The maximum Gasteiger partial charge on any atom is 0.311 e. The fourth-order valence-corrected chi connectivity index (χ4v) is 4.18. The zero-order valence-electron chi connectivity index (χ0n) is 20.7. The molecule has 0 saturated carbocycles. The summed E-state index contributed by atoms with van der Waals surface area (Å²) in [6, 6.07) is 15.7. The van der Waals surface area contributed by atoms with Crippen molar-refractivity contribution in [2.45, 2.75) is 45.8 Å². The number of rotatable bonds is 15. The lowest BCUT2D eigenvalue weighted by Gasteiger charge is -2.26. The second-order valence-electron chi connectivity index (χ2n) is 8.81. The van der Waals surface area contributed by atoms with E-state index in [4.69, 9.17) is 18.4 Å². The van der Waals surface area contributed by atoms with Crippen molar-refractivity contribution in [1.82, 2.24) is 0 Å². The Kier molecular flexibility index (Phi) is 12.5. The predicted octanol–water partition coefficient (Wildman–Crippen LogP) is 5.00. The molecule has 7 nitrogen and oxygen atoms in total. The molecular formula is C26H35IO7S. The standard InChI is InChI=1S/C26H35IO7S/c1-19(2)17-33-26(28)24(15-16-34-35(4,29)30)25(14-9-20-5-10-22(27)11-6-20)32-18-21-7-12-23(31-3)13-8-21/h5-8,10-13,19,24-25H,9,14-18H2,1-4H3. The van der Waals surface area contributed by atoms with Gasteiger partial charge in [0.15, 0.2) is 0 Å². The van der Waals surface area contributed by atoms with Crippen LogP contribution in [-0.4, -0.2) is 47.1 Å². The van der Waals surface area contributed by atoms with Gasteiger partial charge in [-0.25, -0.2) is 0 Å². The molecule has 0 aliphatic carbocycles. The van der Waals surface area contributed by atoms with Gasteiger partial charge in [-0.1, -0.05) is 38.1 Å². The van der Waals surface area contributed by atoms with Crippen molar-refractivity contribution < 1.29 is 31.6 Å². The third kappa shape index (κ3) is 11.7. The number of carbonyl (C=O) groups excluding carboxylic acids is 1. The van der Waals surface area contributed by atoms with E-state index in [1.165, 1.54) is 0 Å². The van der Waals surface area contributed by atoms with Crippen molar-refractivity contribution in [2.75, 3.05) is 26.6 Å². The number of hydrogen-bond donors (Lipinski definition) is 0. The fraction of sp³-hybridized carbons (Fsp3) is 0.500. The van der Waals surface area contributed by atoms with Crippen LogP contribution in [0.25, 0.3) is 0 Å². The first-order chi connectivity index (χ1) is 16.6. The van der Waals surface area contributed by atoms with Crippen LogP contribution in [0.4, 0.5) is 0 Å². The molecule has 0 aliphatic heterocycles. The predicted molar refractivity (Wildman–Crippen MR) is 144 cm³/mol. The Bertz CT molecular complexity index is 1010. The molecule has 0 aromatic heterocycles. The van der Waals surface area contributed by atoms with Gasteiger partial charge in [-0.2, -0.15) is 8.42 Å². The van der Waals surface area contributed by atoms with Crippen LogP contribution in [0.15, 0.2) is 48.5 Å². The van der Waals surface area contributed by atoms with Crippen LogP contribution in [0, 0.1) is 15.4 Å². The number of methoxy groups -OCH3 is 1. The van der Waals surface area contributed by atoms with Crippen molar-refractivity contribution in [3.8, 4) is 5.75 Å². The van der Waals surface area contributed by atoms with Gasteiger partial charge in [-0.3, -0.25) is 8.98 Å². The summed E-state index contributed by atoms with van der Waals surface area (Å²) < 4.78 is 46.1. The molecule has 2 unspecified atom stereocenters. The van der Waals surface area contributed by atoms with Crippen LogP contribution in [0.2, 0.25) is 0 Å². The van der Waals surface area contributed by atoms with E-state index >= 15 is 0 Å². The summed E-state index contributed by atoms with van der Waals surface area (Å²) in [5.41, 5.74) is 2.07. The van der Waals surface area contributed by atoms with E-state index < -0.39 is 28.1 Å². The summed E-state index contributed by atoms with van der Waals surface area (Å²) in [6.45, 7) is 4.38. The lowest BCUT2D eigenvalue weighted by Crippen LogP contribution is -2.34. The molecule has 194 valence electrons. The molecule has 9 heteroatoms. The summed E-state index contributed by atoms with van der Waals surface area (Å²) in [4.78, 5) is 13.1. The number of ether oxygens (including phenoxy) is 3. The van der Waals surface area contributed by atoms with E-state index in [9.17, 15) is 13.2 Å². The molecule has 0 amide bonds. The number of carbonyl (C=O) groups is 1. The number of benzene rings is 2. The van der Waals surface area contributed by atoms with Crippen LogP contribution < -0.4 is 4.74 Å². The molecule has 2 aromatic carbocycles. The van der Waals surface area contributed by atoms with E-state index in [1.807, 2.05) is 50.2 Å². The normalized spacial score (nSPS) is 13.4. The Morgan fingerprint density at radius 1 is 0.971 bits per heavy atom. The first-order valence-corrected chi connectivity index (χ1v) is 14.5. The number of esters is 1. The Morgan fingerprint density at radius 3 is 2.17 bits per heavy atom. The van der Waals surface area contributed by atoms with Crippen molar-refractivity contribution in [3.63, 3.8) is 0 Å². The molecule has 2 rings (SSSR count). The Labute approximate surface area is 222 Å². The van der Waals surface area contributed by atoms with Crippen molar-refractivity contribution >= 4 is 38.7 Å². The minimum atomic E-state index is -3.62. The average molecular weight is 619 g/mol. The highest BCUT2D eigenvalue weighted by Gasteiger charge is 2.31. The van der Waals surface area contributed by atoms with Crippen LogP contribution in [0.3, 0.4) is 0 Å². The summed E-state index contributed by atoms with van der Waals surface area (Å²) in [6.07, 6.45) is 1.94. The average Bonchev–Trinajstić information content (AvgIpc) is 2.81. The van der Waals surface area contributed by atoms with Gasteiger partial charge < -0.3 is 14.2 Å². The summed E-state index contributed by atoms with van der Waals surface area (Å²) in [5.74, 6) is -0.148. The number of hydrogen-bond acceptors (Lipinski definition) is 7. The lowest BCUT2D eigenvalue weighted by molar-refractivity contribution is -0.157. The lowest BCUT2D eigenvalue weighted by atomic mass is 9.93. The van der Waals surface area contributed by atoms with Gasteiger partial charge >= 0.3 is 5.97 Å². The number of halogens is 1. The van der Waals surface area contributed by atoms with E-state index in [-0.39, 0.29) is 25.6 Å². The molecule has 0 aliphatic rings. The summed E-state index contributed by atoms with van der Waals surface area (Å²) in [5, 5.41) is 0. The monoisotopic (exact) mass is 618 g/mol. The fourth-order valence-electron chi connectivity index (χ4n) is 3.42. The van der Waals surface area contributed by atoms with E-state index in [0.29, 0.717) is 19.4 Å². The molecule has 0 heterocycles. The minimum absolute atomic E-state index is 0.119. The second kappa shape index (κ2) is 14.8. The molecule has 2 aromatic rings. The SMILES string of the molecule is COc1ccc(COC(CCc2ccc(I)cc2)C(CCOS(C)(=O)=O)C(=O)OCC(C)C)cc1. The van der Waals surface area contributed by atoms with Crippen LogP contribution in [0.1, 0.15) is 37.8 Å². The third-order valence-corrected chi connectivity index (χ3v) is 6.60. The molecule has 0 saturated heterocycles. The maximum absolute atomic E-state index is 13.1. The minimum Gasteiger partial charge on any atom is -0.497 e. The van der Waals surface area contributed by atoms with Gasteiger partial charge in [0.25, 0.3) is 10.1 Å². The van der Waals surface area contributed by atoms with E-state index in [2.05, 4.69) is 34.7 Å². The van der Waals surface area contributed by atoms with Gasteiger partial charge in [0, 0.05) is 3.57 Å². The molecular weight excluding hydrogens is 583 g/mol. The molecule has 2 atom stereocenters. The van der Waals surface area contributed by atoms with Gasteiger partial charge in [0.2, 0.25) is 0 Å². The molecule has 0 fully saturated rings.